The fraction of sp³-hybridized carbons (Fsp3) is 0.429. The van der Waals surface area contributed by atoms with Crippen molar-refractivity contribution in [3.63, 3.8) is 0 Å². The number of carbonyl (C=O) groups excluding carboxylic acids is 1. The van der Waals surface area contributed by atoms with Gasteiger partial charge >= 0.3 is 0 Å². The largest absolute Gasteiger partial charge is 0.337 e. The Hall–Kier alpha value is -2.27. The van der Waals surface area contributed by atoms with Crippen LogP contribution in [0.15, 0.2) is 30.3 Å². The minimum Gasteiger partial charge on any atom is -0.337 e. The number of carbonyl (C=O) groups is 1. The quantitative estimate of drug-likeness (QED) is 0.846. The van der Waals surface area contributed by atoms with Gasteiger partial charge in [0.25, 0.3) is 5.91 Å². The van der Waals surface area contributed by atoms with Gasteiger partial charge in [-0.25, -0.2) is 4.39 Å². The maximum Gasteiger partial charge on any atom is 0.256 e. The molecular formula is C21H24FN3O. The summed E-state index contributed by atoms with van der Waals surface area (Å²) in [6, 6.07) is 8.26. The van der Waals surface area contributed by atoms with Crippen molar-refractivity contribution in [2.24, 2.45) is 0 Å². The summed E-state index contributed by atoms with van der Waals surface area (Å²) in [7, 11) is 0. The highest BCUT2D eigenvalue weighted by Gasteiger charge is 2.29. The topological polar surface area (TPSA) is 36.4 Å². The molecule has 0 saturated carbocycles. The second-order valence-electron chi connectivity index (χ2n) is 7.24. The van der Waals surface area contributed by atoms with Crippen molar-refractivity contribution in [3.05, 3.63) is 53.0 Å². The van der Waals surface area contributed by atoms with Crippen LogP contribution in [0.5, 0.6) is 0 Å². The average Bonchev–Trinajstić information content (AvgIpc) is 3.14. The van der Waals surface area contributed by atoms with E-state index in [0.717, 1.165) is 56.0 Å². The zero-order chi connectivity index (χ0) is 18.1. The molecule has 4 nitrogen and oxygen atoms in total. The number of hydrogen-bond donors (Lipinski definition) is 0. The summed E-state index contributed by atoms with van der Waals surface area (Å²) in [6.45, 7) is 6.67. The van der Waals surface area contributed by atoms with Gasteiger partial charge in [-0.3, -0.25) is 9.78 Å². The Morgan fingerprint density at radius 3 is 2.54 bits per heavy atom. The summed E-state index contributed by atoms with van der Waals surface area (Å²) < 4.78 is 13.3. The first kappa shape index (κ1) is 17.2. The van der Waals surface area contributed by atoms with Crippen LogP contribution in [0, 0.1) is 12.7 Å². The van der Waals surface area contributed by atoms with E-state index >= 15 is 0 Å². The van der Waals surface area contributed by atoms with Gasteiger partial charge in [-0.1, -0.05) is 0 Å². The van der Waals surface area contributed by atoms with Crippen molar-refractivity contribution in [1.82, 2.24) is 14.8 Å². The standard InChI is InChI=1S/C21H24FN3O/c1-15-14-17-8-11-25(13-12-24-9-2-3-10-24)21(26)19(17)20(23-15)16-4-6-18(22)7-5-16/h4-7,14H,2-3,8-13H2,1H3. The van der Waals surface area contributed by atoms with Gasteiger partial charge in [0, 0.05) is 30.9 Å². The van der Waals surface area contributed by atoms with Crippen LogP contribution in [-0.4, -0.2) is 53.4 Å². The molecule has 1 aromatic heterocycles. The molecule has 0 N–H and O–H groups in total. The van der Waals surface area contributed by atoms with Gasteiger partial charge < -0.3 is 9.80 Å². The Labute approximate surface area is 153 Å². The Kier molecular flexibility index (Phi) is 4.72. The van der Waals surface area contributed by atoms with Crippen molar-refractivity contribution in [2.45, 2.75) is 26.2 Å². The predicted molar refractivity (Wildman–Crippen MR) is 99.6 cm³/mol. The van der Waals surface area contributed by atoms with Gasteiger partial charge in [-0.05, 0) is 75.2 Å². The maximum absolute atomic E-state index is 13.3. The van der Waals surface area contributed by atoms with E-state index < -0.39 is 0 Å². The van der Waals surface area contributed by atoms with Crippen LogP contribution in [0.4, 0.5) is 4.39 Å². The molecule has 0 bridgehead atoms. The molecule has 2 aliphatic rings. The number of amides is 1. The molecule has 0 spiro atoms. The van der Waals surface area contributed by atoms with Crippen molar-refractivity contribution >= 4 is 5.91 Å². The lowest BCUT2D eigenvalue weighted by atomic mass is 9.94. The van der Waals surface area contributed by atoms with E-state index in [-0.39, 0.29) is 11.7 Å². The highest BCUT2D eigenvalue weighted by molar-refractivity contribution is 6.02. The molecule has 4 rings (SSSR count). The smallest absolute Gasteiger partial charge is 0.256 e. The van der Waals surface area contributed by atoms with Gasteiger partial charge in [0.15, 0.2) is 0 Å². The van der Waals surface area contributed by atoms with E-state index in [9.17, 15) is 9.18 Å². The van der Waals surface area contributed by atoms with Gasteiger partial charge in [0.1, 0.15) is 5.82 Å². The summed E-state index contributed by atoms with van der Waals surface area (Å²) in [5.41, 5.74) is 4.10. The fourth-order valence-corrected chi connectivity index (χ4v) is 3.99. The molecule has 0 aliphatic carbocycles. The molecule has 1 fully saturated rings. The van der Waals surface area contributed by atoms with Crippen LogP contribution in [0.1, 0.15) is 34.5 Å². The number of rotatable bonds is 4. The average molecular weight is 353 g/mol. The Balaban J connectivity index is 1.63. The fourth-order valence-electron chi connectivity index (χ4n) is 3.99. The van der Waals surface area contributed by atoms with Crippen molar-refractivity contribution < 1.29 is 9.18 Å². The number of nitrogens with zero attached hydrogens (tertiary/aromatic N) is 3. The van der Waals surface area contributed by atoms with Crippen LogP contribution in [0.3, 0.4) is 0 Å². The third-order valence-corrected chi connectivity index (χ3v) is 5.38. The first-order valence-electron chi connectivity index (χ1n) is 9.40. The van der Waals surface area contributed by atoms with Crippen molar-refractivity contribution in [1.29, 1.82) is 0 Å². The molecule has 1 saturated heterocycles. The number of fused-ring (bicyclic) bond motifs is 1. The van der Waals surface area contributed by atoms with Gasteiger partial charge in [0.05, 0.1) is 11.3 Å². The van der Waals surface area contributed by atoms with Crippen LogP contribution < -0.4 is 0 Å². The molecule has 3 heterocycles. The normalized spacial score (nSPS) is 17.6. The molecular weight excluding hydrogens is 329 g/mol. The highest BCUT2D eigenvalue weighted by atomic mass is 19.1. The van der Waals surface area contributed by atoms with Gasteiger partial charge in [0.2, 0.25) is 0 Å². The van der Waals surface area contributed by atoms with E-state index in [4.69, 9.17) is 0 Å². The predicted octanol–water partition coefficient (Wildman–Crippen LogP) is 3.29. The van der Waals surface area contributed by atoms with Crippen LogP contribution in [-0.2, 0) is 6.42 Å². The molecule has 1 aromatic carbocycles. The molecule has 1 amide bonds. The van der Waals surface area contributed by atoms with E-state index in [1.54, 1.807) is 12.1 Å². The molecule has 0 unspecified atom stereocenters. The van der Waals surface area contributed by atoms with Crippen LogP contribution in [0.2, 0.25) is 0 Å². The van der Waals surface area contributed by atoms with Gasteiger partial charge in [-0.15, -0.1) is 0 Å². The lowest BCUT2D eigenvalue weighted by Crippen LogP contribution is -2.42. The summed E-state index contributed by atoms with van der Waals surface area (Å²) in [4.78, 5) is 22.2. The number of benzene rings is 1. The van der Waals surface area contributed by atoms with Gasteiger partial charge in [-0.2, -0.15) is 0 Å². The number of pyridine rings is 1. The second-order valence-corrected chi connectivity index (χ2v) is 7.24. The van der Waals surface area contributed by atoms with Crippen LogP contribution in [0.25, 0.3) is 11.3 Å². The second kappa shape index (κ2) is 7.16. The minimum absolute atomic E-state index is 0.0530. The van der Waals surface area contributed by atoms with E-state index in [0.29, 0.717) is 11.3 Å². The monoisotopic (exact) mass is 353 g/mol. The van der Waals surface area contributed by atoms with Crippen molar-refractivity contribution in [3.8, 4) is 11.3 Å². The molecule has 26 heavy (non-hydrogen) atoms. The molecule has 2 aromatic rings. The lowest BCUT2D eigenvalue weighted by molar-refractivity contribution is 0.0724. The van der Waals surface area contributed by atoms with Crippen molar-refractivity contribution in [2.75, 3.05) is 32.7 Å². The van der Waals surface area contributed by atoms with Crippen LogP contribution >= 0.6 is 0 Å². The first-order valence-corrected chi connectivity index (χ1v) is 9.40. The van der Waals surface area contributed by atoms with E-state index in [1.807, 2.05) is 17.9 Å². The molecule has 0 atom stereocenters. The number of halogens is 1. The molecule has 136 valence electrons. The zero-order valence-electron chi connectivity index (χ0n) is 15.2. The number of aromatic nitrogens is 1. The third kappa shape index (κ3) is 3.36. The zero-order valence-corrected chi connectivity index (χ0v) is 15.2. The Morgan fingerprint density at radius 2 is 1.81 bits per heavy atom. The molecule has 5 heteroatoms. The maximum atomic E-state index is 13.3. The number of aryl methyl sites for hydroxylation is 1. The summed E-state index contributed by atoms with van der Waals surface area (Å²) in [5.74, 6) is -0.230. The molecule has 0 radical (unpaired) electrons. The first-order chi connectivity index (χ1) is 12.6. The number of hydrogen-bond acceptors (Lipinski definition) is 3. The summed E-state index contributed by atoms with van der Waals surface area (Å²) >= 11 is 0. The van der Waals surface area contributed by atoms with E-state index in [1.165, 1.54) is 25.0 Å². The Bertz CT molecular complexity index is 813. The highest BCUT2D eigenvalue weighted by Crippen LogP contribution is 2.30. The lowest BCUT2D eigenvalue weighted by Gasteiger charge is -2.31. The van der Waals surface area contributed by atoms with E-state index in [2.05, 4.69) is 9.88 Å². The number of likely N-dealkylation sites (tertiary alicyclic amines) is 1. The molecule has 2 aliphatic heterocycles. The summed E-state index contributed by atoms with van der Waals surface area (Å²) in [6.07, 6.45) is 3.36. The minimum atomic E-state index is -0.283. The SMILES string of the molecule is Cc1cc2c(c(-c3ccc(F)cc3)n1)C(=O)N(CCN1CCCC1)CC2. The third-order valence-electron chi connectivity index (χ3n) is 5.38. The Morgan fingerprint density at radius 1 is 1.08 bits per heavy atom. The summed E-state index contributed by atoms with van der Waals surface area (Å²) in [5, 5.41) is 0.